The molecule has 3 aromatic carbocycles. The number of rotatable bonds is 7. The van der Waals surface area contributed by atoms with E-state index in [-0.39, 0.29) is 36.9 Å². The molecular weight excluding hydrogens is 532 g/mol. The van der Waals surface area contributed by atoms with Crippen LogP contribution in [0.25, 0.3) is 0 Å². The van der Waals surface area contributed by atoms with Crippen LogP contribution < -0.4 is 10.0 Å². The first-order valence-corrected chi connectivity index (χ1v) is 13.8. The Morgan fingerprint density at radius 2 is 1.59 bits per heavy atom. The maximum atomic E-state index is 13.0. The zero-order valence-corrected chi connectivity index (χ0v) is 22.5. The lowest BCUT2D eigenvalue weighted by Gasteiger charge is -2.19. The molecule has 11 heteroatoms. The Hall–Kier alpha value is -3.60. The van der Waals surface area contributed by atoms with E-state index >= 15 is 0 Å². The molecule has 0 radical (unpaired) electrons. The quantitative estimate of drug-likeness (QED) is 0.221. The second-order valence-corrected chi connectivity index (χ2v) is 12.4. The molecule has 0 aliphatic heterocycles. The van der Waals surface area contributed by atoms with Crippen molar-refractivity contribution in [1.29, 1.82) is 0 Å². The van der Waals surface area contributed by atoms with Gasteiger partial charge in [0.1, 0.15) is 0 Å². The van der Waals surface area contributed by atoms with Gasteiger partial charge in [0, 0.05) is 16.8 Å². The summed E-state index contributed by atoms with van der Waals surface area (Å²) < 4.78 is 27.8. The van der Waals surface area contributed by atoms with E-state index in [1.165, 1.54) is 18.2 Å². The first kappa shape index (κ1) is 26.5. The molecule has 2 N–H and O–H groups in total. The van der Waals surface area contributed by atoms with Crippen LogP contribution in [0, 0.1) is 0 Å². The van der Waals surface area contributed by atoms with E-state index in [4.69, 9.17) is 11.6 Å². The first-order valence-electron chi connectivity index (χ1n) is 11.1. The van der Waals surface area contributed by atoms with Crippen molar-refractivity contribution < 1.29 is 18.0 Å². The summed E-state index contributed by atoms with van der Waals surface area (Å²) in [5.41, 5.74) is 2.29. The van der Waals surface area contributed by atoms with Gasteiger partial charge in [0.2, 0.25) is 5.13 Å². The van der Waals surface area contributed by atoms with E-state index in [1.54, 1.807) is 42.5 Å². The molecule has 1 amide bonds. The number of carbonyl (C=O) groups excluding carboxylic acids is 2. The van der Waals surface area contributed by atoms with Gasteiger partial charge < -0.3 is 0 Å². The third-order valence-corrected chi connectivity index (χ3v) is 8.28. The summed E-state index contributed by atoms with van der Waals surface area (Å²) in [4.78, 5) is 25.4. The summed E-state index contributed by atoms with van der Waals surface area (Å²) in [6.07, 6.45) is 0. The molecule has 0 bridgehead atoms. The van der Waals surface area contributed by atoms with Gasteiger partial charge in [-0.1, -0.05) is 92.2 Å². The Bertz CT molecular complexity index is 1580. The number of nitrogens with one attached hydrogen (secondary N) is 2. The standard InChI is InChI=1S/C26H23ClN4O4S2/c1-26(2,3)18-13-11-16(12-14-18)22(32)17-7-6-8-19(15-17)31-37(34,35)25-30-29-24(36-25)28-23(33)20-9-4-5-10-21(20)27/h4-15,31H,1-3H3,(H,28,29,33). The number of sulfonamides is 1. The second-order valence-electron chi connectivity index (χ2n) is 9.15. The molecule has 0 spiro atoms. The van der Waals surface area contributed by atoms with Crippen LogP contribution in [0.5, 0.6) is 0 Å². The maximum absolute atomic E-state index is 13.0. The van der Waals surface area contributed by atoms with Crippen molar-refractivity contribution in [3.63, 3.8) is 0 Å². The number of nitrogens with zero attached hydrogens (tertiary/aromatic N) is 2. The fourth-order valence-electron chi connectivity index (χ4n) is 3.39. The molecule has 4 rings (SSSR count). The summed E-state index contributed by atoms with van der Waals surface area (Å²) in [5, 5.41) is 10.2. The summed E-state index contributed by atoms with van der Waals surface area (Å²) in [7, 11) is -4.12. The Kier molecular flexibility index (Phi) is 7.44. The van der Waals surface area contributed by atoms with Crippen molar-refractivity contribution in [2.45, 2.75) is 30.5 Å². The maximum Gasteiger partial charge on any atom is 0.291 e. The molecule has 0 unspecified atom stereocenters. The smallest absolute Gasteiger partial charge is 0.291 e. The molecule has 0 aliphatic carbocycles. The molecule has 0 fully saturated rings. The molecule has 1 aromatic heterocycles. The van der Waals surface area contributed by atoms with Gasteiger partial charge in [0.15, 0.2) is 5.78 Å². The lowest BCUT2D eigenvalue weighted by Crippen LogP contribution is -2.13. The number of amides is 1. The highest BCUT2D eigenvalue weighted by atomic mass is 35.5. The van der Waals surface area contributed by atoms with Crippen molar-refractivity contribution in [2.75, 3.05) is 10.0 Å². The molecule has 1 heterocycles. The molecular formula is C26H23ClN4O4S2. The number of ketones is 1. The van der Waals surface area contributed by atoms with E-state index in [0.717, 1.165) is 5.56 Å². The fraction of sp³-hybridized carbons (Fsp3) is 0.154. The lowest BCUT2D eigenvalue weighted by molar-refractivity contribution is 0.102. The predicted octanol–water partition coefficient (Wildman–Crippen LogP) is 5.77. The first-order chi connectivity index (χ1) is 17.4. The van der Waals surface area contributed by atoms with Crippen LogP contribution in [0.1, 0.15) is 52.6 Å². The van der Waals surface area contributed by atoms with Crippen LogP contribution in [0.15, 0.2) is 77.1 Å². The average molecular weight is 555 g/mol. The molecule has 0 atom stereocenters. The molecule has 37 heavy (non-hydrogen) atoms. The van der Waals surface area contributed by atoms with Crippen LogP contribution in [-0.4, -0.2) is 30.3 Å². The van der Waals surface area contributed by atoms with Gasteiger partial charge >= 0.3 is 0 Å². The van der Waals surface area contributed by atoms with Gasteiger partial charge in [-0.2, -0.15) is 8.42 Å². The SMILES string of the molecule is CC(C)(C)c1ccc(C(=O)c2cccc(NS(=O)(=O)c3nnc(NC(=O)c4ccccc4Cl)s3)c2)cc1. The van der Waals surface area contributed by atoms with Gasteiger partial charge in [-0.15, -0.1) is 10.2 Å². The van der Waals surface area contributed by atoms with Gasteiger partial charge in [0.05, 0.1) is 10.6 Å². The van der Waals surface area contributed by atoms with E-state index in [0.29, 0.717) is 22.5 Å². The summed E-state index contributed by atoms with van der Waals surface area (Å²) in [5.74, 6) is -0.776. The van der Waals surface area contributed by atoms with Gasteiger partial charge in [0.25, 0.3) is 20.3 Å². The zero-order chi connectivity index (χ0) is 26.8. The molecule has 8 nitrogen and oxygen atoms in total. The van der Waals surface area contributed by atoms with Gasteiger partial charge in [-0.25, -0.2) is 0 Å². The Morgan fingerprint density at radius 3 is 2.27 bits per heavy atom. The van der Waals surface area contributed by atoms with Crippen molar-refractivity contribution in [3.8, 4) is 0 Å². The predicted molar refractivity (Wildman–Crippen MR) is 145 cm³/mol. The number of anilines is 2. The minimum Gasteiger partial charge on any atom is -0.296 e. The Balaban J connectivity index is 1.48. The Morgan fingerprint density at radius 1 is 0.892 bits per heavy atom. The van der Waals surface area contributed by atoms with Gasteiger partial charge in [-0.05, 0) is 35.2 Å². The number of hydrogen-bond donors (Lipinski definition) is 2. The van der Waals surface area contributed by atoms with Crippen molar-refractivity contribution >= 4 is 55.5 Å². The third kappa shape index (κ3) is 6.22. The largest absolute Gasteiger partial charge is 0.296 e. The van der Waals surface area contributed by atoms with E-state index < -0.39 is 15.9 Å². The lowest BCUT2D eigenvalue weighted by atomic mass is 9.86. The number of halogens is 1. The molecule has 0 saturated carbocycles. The Labute approximate surface area is 223 Å². The van der Waals surface area contributed by atoms with E-state index in [2.05, 4.69) is 41.0 Å². The summed E-state index contributed by atoms with van der Waals surface area (Å²) in [6.45, 7) is 6.27. The summed E-state index contributed by atoms with van der Waals surface area (Å²) >= 11 is 6.71. The average Bonchev–Trinajstić information content (AvgIpc) is 3.33. The van der Waals surface area contributed by atoms with Crippen LogP contribution in [-0.2, 0) is 15.4 Å². The minimum absolute atomic E-state index is 0.00655. The van der Waals surface area contributed by atoms with Crippen molar-refractivity contribution in [2.24, 2.45) is 0 Å². The highest BCUT2D eigenvalue weighted by Crippen LogP contribution is 2.26. The van der Waals surface area contributed by atoms with Crippen LogP contribution in [0.4, 0.5) is 10.8 Å². The number of benzene rings is 3. The highest BCUT2D eigenvalue weighted by molar-refractivity contribution is 7.94. The van der Waals surface area contributed by atoms with Crippen LogP contribution in [0.3, 0.4) is 0 Å². The zero-order valence-electron chi connectivity index (χ0n) is 20.2. The number of hydrogen-bond acceptors (Lipinski definition) is 7. The highest BCUT2D eigenvalue weighted by Gasteiger charge is 2.23. The van der Waals surface area contributed by atoms with Gasteiger partial charge in [-0.3, -0.25) is 19.6 Å². The molecule has 0 aliphatic rings. The number of aromatic nitrogens is 2. The molecule has 0 saturated heterocycles. The molecule has 190 valence electrons. The number of carbonyl (C=O) groups is 2. The topological polar surface area (TPSA) is 118 Å². The molecule has 4 aromatic rings. The minimum atomic E-state index is -4.12. The second kappa shape index (κ2) is 10.4. The van der Waals surface area contributed by atoms with Crippen molar-refractivity contribution in [1.82, 2.24) is 10.2 Å². The van der Waals surface area contributed by atoms with E-state index in [1.807, 2.05) is 12.1 Å². The normalized spacial score (nSPS) is 11.7. The third-order valence-electron chi connectivity index (χ3n) is 5.37. The summed E-state index contributed by atoms with van der Waals surface area (Å²) in [6, 6.07) is 20.0. The van der Waals surface area contributed by atoms with E-state index in [9.17, 15) is 18.0 Å². The van der Waals surface area contributed by atoms with Crippen molar-refractivity contribution in [3.05, 3.63) is 100 Å². The van der Waals surface area contributed by atoms with Crippen LogP contribution in [0.2, 0.25) is 5.02 Å². The fourth-order valence-corrected chi connectivity index (χ4v) is 5.56. The monoisotopic (exact) mass is 554 g/mol. The van der Waals surface area contributed by atoms with Crippen LogP contribution >= 0.6 is 22.9 Å².